The van der Waals surface area contributed by atoms with Gasteiger partial charge in [-0.1, -0.05) is 18.2 Å². The zero-order valence-electron chi connectivity index (χ0n) is 22.4. The Bertz CT molecular complexity index is 1480. The number of H-pyrrole nitrogens is 1. The van der Waals surface area contributed by atoms with Gasteiger partial charge in [-0.3, -0.25) is 9.69 Å². The van der Waals surface area contributed by atoms with Gasteiger partial charge < -0.3 is 14.6 Å². The first kappa shape index (κ1) is 25.0. The first-order valence-corrected chi connectivity index (χ1v) is 12.7. The summed E-state index contributed by atoms with van der Waals surface area (Å²) in [7, 11) is 1.69. The lowest BCUT2D eigenvalue weighted by atomic mass is 9.98. The molecule has 0 spiro atoms. The Kier molecular flexibility index (Phi) is 6.49. The van der Waals surface area contributed by atoms with Gasteiger partial charge in [0.1, 0.15) is 11.8 Å². The lowest BCUT2D eigenvalue weighted by Crippen LogP contribution is -2.49. The van der Waals surface area contributed by atoms with Crippen LogP contribution in [0.2, 0.25) is 0 Å². The molecular weight excluding hydrogens is 466 g/mol. The Morgan fingerprint density at radius 2 is 1.73 bits per heavy atom. The van der Waals surface area contributed by atoms with E-state index in [-0.39, 0.29) is 17.1 Å². The van der Waals surface area contributed by atoms with E-state index in [1.54, 1.807) is 7.11 Å². The lowest BCUT2D eigenvalue weighted by Gasteiger charge is -2.40. The number of anilines is 1. The van der Waals surface area contributed by atoms with Gasteiger partial charge in [-0.2, -0.15) is 0 Å². The smallest absolute Gasteiger partial charge is 0.253 e. The van der Waals surface area contributed by atoms with E-state index in [9.17, 15) is 4.79 Å². The summed E-state index contributed by atoms with van der Waals surface area (Å²) in [6.07, 6.45) is 0. The van der Waals surface area contributed by atoms with Gasteiger partial charge in [-0.15, -0.1) is 5.10 Å². The molecule has 1 aliphatic heterocycles. The van der Waals surface area contributed by atoms with Crippen LogP contribution in [0.4, 0.5) is 5.69 Å². The Hall–Kier alpha value is -3.72. The molecule has 0 bridgehead atoms. The van der Waals surface area contributed by atoms with Gasteiger partial charge in [0.15, 0.2) is 5.82 Å². The van der Waals surface area contributed by atoms with E-state index < -0.39 is 0 Å². The highest BCUT2D eigenvalue weighted by Gasteiger charge is 2.35. The monoisotopic (exact) mass is 501 g/mol. The first-order chi connectivity index (χ1) is 17.7. The predicted molar refractivity (Wildman–Crippen MR) is 145 cm³/mol. The van der Waals surface area contributed by atoms with Gasteiger partial charge in [0.2, 0.25) is 0 Å². The minimum absolute atomic E-state index is 0.107. The van der Waals surface area contributed by atoms with Crippen molar-refractivity contribution in [2.75, 3.05) is 38.2 Å². The number of fused-ring (bicyclic) bond motifs is 1. The van der Waals surface area contributed by atoms with Crippen molar-refractivity contribution in [2.45, 2.75) is 46.2 Å². The molecule has 1 atom stereocenters. The van der Waals surface area contributed by atoms with Crippen molar-refractivity contribution in [2.24, 2.45) is 0 Å². The molecular formula is C28H35N7O2. The quantitative estimate of drug-likeness (QED) is 0.445. The minimum Gasteiger partial charge on any atom is -0.497 e. The number of piperazine rings is 1. The molecule has 0 amide bonds. The fourth-order valence-corrected chi connectivity index (χ4v) is 5.18. The van der Waals surface area contributed by atoms with Crippen LogP contribution in [-0.2, 0) is 5.54 Å². The van der Waals surface area contributed by atoms with E-state index >= 15 is 0 Å². The molecule has 3 heterocycles. The number of benzene rings is 2. The third-order valence-electron chi connectivity index (χ3n) is 7.24. The predicted octanol–water partition coefficient (Wildman–Crippen LogP) is 3.81. The highest BCUT2D eigenvalue weighted by molar-refractivity contribution is 5.85. The maximum Gasteiger partial charge on any atom is 0.253 e. The van der Waals surface area contributed by atoms with E-state index in [1.807, 2.05) is 35.9 Å². The van der Waals surface area contributed by atoms with Crippen molar-refractivity contribution in [1.82, 2.24) is 30.1 Å². The molecule has 2 aromatic heterocycles. The van der Waals surface area contributed by atoms with Crippen molar-refractivity contribution in [3.8, 4) is 5.75 Å². The molecule has 4 aromatic rings. The zero-order chi connectivity index (χ0) is 26.3. The number of methoxy groups -OCH3 is 1. The molecule has 37 heavy (non-hydrogen) atoms. The molecule has 194 valence electrons. The summed E-state index contributed by atoms with van der Waals surface area (Å²) in [5.41, 5.74) is 4.40. The average molecular weight is 502 g/mol. The Morgan fingerprint density at radius 1 is 1.00 bits per heavy atom. The highest BCUT2D eigenvalue weighted by Crippen LogP contribution is 2.32. The molecule has 0 aliphatic carbocycles. The van der Waals surface area contributed by atoms with Crippen LogP contribution in [0.25, 0.3) is 10.9 Å². The second kappa shape index (κ2) is 9.63. The van der Waals surface area contributed by atoms with Crippen LogP contribution in [0.1, 0.15) is 49.3 Å². The first-order valence-electron chi connectivity index (χ1n) is 12.7. The van der Waals surface area contributed by atoms with Gasteiger partial charge in [-0.25, -0.2) is 4.68 Å². The fourth-order valence-electron chi connectivity index (χ4n) is 5.18. The van der Waals surface area contributed by atoms with Crippen molar-refractivity contribution < 1.29 is 4.74 Å². The topological polar surface area (TPSA) is 92.2 Å². The van der Waals surface area contributed by atoms with Gasteiger partial charge in [-0.05, 0) is 74.4 Å². The van der Waals surface area contributed by atoms with Crippen molar-refractivity contribution in [1.29, 1.82) is 0 Å². The summed E-state index contributed by atoms with van der Waals surface area (Å²) < 4.78 is 7.27. The van der Waals surface area contributed by atoms with Crippen LogP contribution in [0.5, 0.6) is 5.75 Å². The molecule has 1 saturated heterocycles. The number of hydrogen-bond acceptors (Lipinski definition) is 7. The molecule has 5 rings (SSSR count). The summed E-state index contributed by atoms with van der Waals surface area (Å²) in [6, 6.07) is 13.9. The third-order valence-corrected chi connectivity index (χ3v) is 7.24. The van der Waals surface area contributed by atoms with Crippen LogP contribution in [-0.4, -0.2) is 63.4 Å². The standard InChI is InChI=1S/C28H35N7O2/c1-18-10-11-19(2)24-22(18)17-23(27(36)29-24)25(26-30-31-32-35(26)28(3,4)5)34-14-12-33(13-15-34)20-8-7-9-21(16-20)37-6/h7-11,16-17,25H,12-15H2,1-6H3,(H,29,36)/t25-/m0/s1. The van der Waals surface area contributed by atoms with E-state index in [2.05, 4.69) is 76.2 Å². The third kappa shape index (κ3) is 4.71. The summed E-state index contributed by atoms with van der Waals surface area (Å²) in [5, 5.41) is 13.9. The molecule has 0 saturated carbocycles. The number of ether oxygens (including phenoxy) is 1. The number of rotatable bonds is 5. The Labute approximate surface area is 217 Å². The summed E-state index contributed by atoms with van der Waals surface area (Å²) >= 11 is 0. The van der Waals surface area contributed by atoms with Gasteiger partial charge in [0, 0.05) is 48.9 Å². The van der Waals surface area contributed by atoms with Crippen LogP contribution in [0.3, 0.4) is 0 Å². The number of nitrogens with zero attached hydrogens (tertiary/aromatic N) is 6. The normalized spacial score (nSPS) is 15.8. The van der Waals surface area contributed by atoms with Gasteiger partial charge >= 0.3 is 0 Å². The fraction of sp³-hybridized carbons (Fsp3) is 0.429. The number of aromatic nitrogens is 5. The SMILES string of the molecule is COc1cccc(N2CCN([C@@H](c3cc4c(C)ccc(C)c4[nH]c3=O)c3nnnn3C(C)(C)C)CC2)c1. The molecule has 0 unspecified atom stereocenters. The van der Waals surface area contributed by atoms with Crippen molar-refractivity contribution >= 4 is 16.6 Å². The molecule has 1 fully saturated rings. The van der Waals surface area contributed by atoms with E-state index in [0.29, 0.717) is 11.4 Å². The molecule has 1 N–H and O–H groups in total. The number of hydrogen-bond donors (Lipinski definition) is 1. The van der Waals surface area contributed by atoms with E-state index in [1.165, 1.54) is 0 Å². The highest BCUT2D eigenvalue weighted by atomic mass is 16.5. The van der Waals surface area contributed by atoms with Gasteiger partial charge in [0.05, 0.1) is 18.2 Å². The number of aryl methyl sites for hydroxylation is 2. The maximum absolute atomic E-state index is 13.6. The molecule has 2 aromatic carbocycles. The number of nitrogens with one attached hydrogen (secondary N) is 1. The molecule has 0 radical (unpaired) electrons. The van der Waals surface area contributed by atoms with Gasteiger partial charge in [0.25, 0.3) is 5.56 Å². The Morgan fingerprint density at radius 3 is 2.43 bits per heavy atom. The van der Waals surface area contributed by atoms with Crippen LogP contribution >= 0.6 is 0 Å². The minimum atomic E-state index is -0.380. The number of tetrazole rings is 1. The van der Waals surface area contributed by atoms with Crippen molar-refractivity contribution in [3.63, 3.8) is 0 Å². The summed E-state index contributed by atoms with van der Waals surface area (Å²) in [5.74, 6) is 1.52. The summed E-state index contributed by atoms with van der Waals surface area (Å²) in [6.45, 7) is 13.4. The molecule has 9 nitrogen and oxygen atoms in total. The van der Waals surface area contributed by atoms with Crippen LogP contribution in [0.15, 0.2) is 47.3 Å². The van der Waals surface area contributed by atoms with E-state index in [0.717, 1.165) is 59.6 Å². The molecule has 9 heteroatoms. The van der Waals surface area contributed by atoms with Crippen LogP contribution in [0, 0.1) is 13.8 Å². The van der Waals surface area contributed by atoms with Crippen LogP contribution < -0.4 is 15.2 Å². The second-order valence-electron chi connectivity index (χ2n) is 10.8. The maximum atomic E-state index is 13.6. The zero-order valence-corrected chi connectivity index (χ0v) is 22.4. The average Bonchev–Trinajstić information content (AvgIpc) is 3.38. The lowest BCUT2D eigenvalue weighted by molar-refractivity contribution is 0.190. The number of aromatic amines is 1. The Balaban J connectivity index is 1.57. The largest absolute Gasteiger partial charge is 0.497 e. The molecule has 1 aliphatic rings. The number of pyridine rings is 1. The summed E-state index contributed by atoms with van der Waals surface area (Å²) in [4.78, 5) is 21.5. The van der Waals surface area contributed by atoms with E-state index in [4.69, 9.17) is 4.74 Å². The van der Waals surface area contributed by atoms with Crippen molar-refractivity contribution in [3.05, 3.63) is 75.3 Å². The second-order valence-corrected chi connectivity index (χ2v) is 10.8.